The molecule has 33 heavy (non-hydrogen) atoms. The number of amides is 2. The lowest BCUT2D eigenvalue weighted by molar-refractivity contribution is -0.145. The van der Waals surface area contributed by atoms with E-state index in [9.17, 15) is 14.4 Å². The van der Waals surface area contributed by atoms with Crippen molar-refractivity contribution in [3.8, 4) is 11.1 Å². The lowest BCUT2D eigenvalue weighted by atomic mass is 9.98. The molecule has 0 bridgehead atoms. The number of nitrogens with zero attached hydrogens (tertiary/aromatic N) is 1. The van der Waals surface area contributed by atoms with Gasteiger partial charge in [0.1, 0.15) is 13.2 Å². The topological polar surface area (TPSA) is 125 Å². The predicted octanol–water partition coefficient (Wildman–Crippen LogP) is 1.84. The van der Waals surface area contributed by atoms with E-state index in [-0.39, 0.29) is 38.6 Å². The summed E-state index contributed by atoms with van der Waals surface area (Å²) in [5, 5.41) is 20.6. The molecule has 0 saturated carbocycles. The maximum absolute atomic E-state index is 12.3. The first kappa shape index (κ1) is 24.2. The third-order valence-electron chi connectivity index (χ3n) is 5.60. The number of benzene rings is 2. The molecule has 0 aliphatic heterocycles. The molecule has 0 radical (unpaired) electrons. The summed E-state index contributed by atoms with van der Waals surface area (Å²) >= 11 is 0. The van der Waals surface area contributed by atoms with Crippen LogP contribution in [-0.4, -0.2) is 79.1 Å². The van der Waals surface area contributed by atoms with Gasteiger partial charge in [-0.15, -0.1) is 0 Å². The SMILES string of the molecule is COC(CNC(=O)OCC1c2ccccc2-c2ccccc21)CC(=O)N(CCO)CC(=O)O. The Morgan fingerprint density at radius 2 is 1.67 bits per heavy atom. The van der Waals surface area contributed by atoms with Gasteiger partial charge in [-0.25, -0.2) is 4.79 Å². The Morgan fingerprint density at radius 1 is 1.06 bits per heavy atom. The second kappa shape index (κ2) is 11.4. The fourth-order valence-electron chi connectivity index (χ4n) is 3.99. The number of rotatable bonds is 11. The minimum atomic E-state index is -1.18. The molecule has 3 rings (SSSR count). The van der Waals surface area contributed by atoms with Crippen LogP contribution in [0.15, 0.2) is 48.5 Å². The van der Waals surface area contributed by atoms with Crippen LogP contribution in [0.3, 0.4) is 0 Å². The summed E-state index contributed by atoms with van der Waals surface area (Å²) in [6, 6.07) is 16.1. The number of aliphatic carboxylic acids is 1. The molecule has 1 atom stereocenters. The van der Waals surface area contributed by atoms with Crippen molar-refractivity contribution in [3.63, 3.8) is 0 Å². The fraction of sp³-hybridized carbons (Fsp3) is 0.375. The molecule has 9 heteroatoms. The smallest absolute Gasteiger partial charge is 0.407 e. The summed E-state index contributed by atoms with van der Waals surface area (Å²) in [7, 11) is 1.39. The molecule has 0 spiro atoms. The Kier molecular flexibility index (Phi) is 8.39. The average Bonchev–Trinajstić information content (AvgIpc) is 3.13. The van der Waals surface area contributed by atoms with Crippen LogP contribution in [-0.2, 0) is 19.1 Å². The average molecular weight is 456 g/mol. The molecule has 0 saturated heterocycles. The Labute approximate surface area is 191 Å². The predicted molar refractivity (Wildman–Crippen MR) is 120 cm³/mol. The summed E-state index contributed by atoms with van der Waals surface area (Å²) in [4.78, 5) is 36.6. The Balaban J connectivity index is 1.53. The highest BCUT2D eigenvalue weighted by molar-refractivity contribution is 5.82. The highest BCUT2D eigenvalue weighted by Gasteiger charge is 2.29. The normalized spacial score (nSPS) is 13.0. The largest absolute Gasteiger partial charge is 0.480 e. The van der Waals surface area contributed by atoms with E-state index in [0.29, 0.717) is 0 Å². The van der Waals surface area contributed by atoms with Crippen LogP contribution in [0.2, 0.25) is 0 Å². The van der Waals surface area contributed by atoms with Crippen molar-refractivity contribution in [2.45, 2.75) is 18.4 Å². The molecular weight excluding hydrogens is 428 g/mol. The molecule has 0 heterocycles. The highest BCUT2D eigenvalue weighted by Crippen LogP contribution is 2.44. The van der Waals surface area contributed by atoms with E-state index in [1.807, 2.05) is 36.4 Å². The minimum Gasteiger partial charge on any atom is -0.480 e. The van der Waals surface area contributed by atoms with Gasteiger partial charge < -0.3 is 29.9 Å². The number of carboxylic acid groups (broad SMARTS) is 1. The maximum Gasteiger partial charge on any atom is 0.407 e. The van der Waals surface area contributed by atoms with Gasteiger partial charge in [-0.05, 0) is 22.3 Å². The molecule has 2 amide bonds. The first-order valence-electron chi connectivity index (χ1n) is 10.7. The van der Waals surface area contributed by atoms with Crippen molar-refractivity contribution in [1.29, 1.82) is 0 Å². The summed E-state index contributed by atoms with van der Waals surface area (Å²) in [5.41, 5.74) is 4.48. The van der Waals surface area contributed by atoms with Crippen LogP contribution in [0.4, 0.5) is 4.79 Å². The van der Waals surface area contributed by atoms with E-state index >= 15 is 0 Å². The van der Waals surface area contributed by atoms with E-state index in [1.54, 1.807) is 0 Å². The van der Waals surface area contributed by atoms with Crippen molar-refractivity contribution in [3.05, 3.63) is 59.7 Å². The van der Waals surface area contributed by atoms with Crippen molar-refractivity contribution in [2.75, 3.05) is 40.0 Å². The molecule has 3 N–H and O–H groups in total. The van der Waals surface area contributed by atoms with E-state index in [1.165, 1.54) is 7.11 Å². The number of carboxylic acids is 1. The van der Waals surface area contributed by atoms with Crippen LogP contribution in [0.1, 0.15) is 23.5 Å². The number of aliphatic hydroxyl groups excluding tert-OH is 1. The van der Waals surface area contributed by atoms with E-state index in [2.05, 4.69) is 17.4 Å². The third kappa shape index (κ3) is 6.09. The van der Waals surface area contributed by atoms with Gasteiger partial charge >= 0.3 is 12.1 Å². The molecule has 0 fully saturated rings. The number of methoxy groups -OCH3 is 1. The summed E-state index contributed by atoms with van der Waals surface area (Å²) < 4.78 is 10.7. The number of aliphatic hydroxyl groups is 1. The molecule has 1 aliphatic carbocycles. The zero-order valence-electron chi connectivity index (χ0n) is 18.4. The second-order valence-corrected chi connectivity index (χ2v) is 7.70. The zero-order chi connectivity index (χ0) is 23.8. The lowest BCUT2D eigenvalue weighted by Crippen LogP contribution is -2.42. The molecule has 9 nitrogen and oxygen atoms in total. The maximum atomic E-state index is 12.3. The zero-order valence-corrected chi connectivity index (χ0v) is 18.4. The van der Waals surface area contributed by atoms with E-state index in [0.717, 1.165) is 27.2 Å². The van der Waals surface area contributed by atoms with E-state index in [4.69, 9.17) is 19.7 Å². The first-order chi connectivity index (χ1) is 15.9. The molecule has 0 aromatic heterocycles. The van der Waals surface area contributed by atoms with Gasteiger partial charge in [0, 0.05) is 26.1 Å². The van der Waals surface area contributed by atoms with Crippen LogP contribution in [0.5, 0.6) is 0 Å². The number of hydrogen-bond donors (Lipinski definition) is 3. The van der Waals surface area contributed by atoms with Gasteiger partial charge in [-0.3, -0.25) is 9.59 Å². The second-order valence-electron chi connectivity index (χ2n) is 7.70. The van der Waals surface area contributed by atoms with Crippen molar-refractivity contribution < 1.29 is 34.1 Å². The van der Waals surface area contributed by atoms with Crippen LogP contribution < -0.4 is 5.32 Å². The van der Waals surface area contributed by atoms with Gasteiger partial charge in [-0.1, -0.05) is 48.5 Å². The Hall–Kier alpha value is -3.43. The quantitative estimate of drug-likeness (QED) is 0.471. The monoisotopic (exact) mass is 456 g/mol. The molecular formula is C24H28N2O7. The number of carbonyl (C=O) groups is 3. The van der Waals surface area contributed by atoms with Gasteiger partial charge in [0.05, 0.1) is 19.1 Å². The summed E-state index contributed by atoms with van der Waals surface area (Å²) in [6.45, 7) is -0.788. The number of alkyl carbamates (subject to hydrolysis) is 1. The van der Waals surface area contributed by atoms with Gasteiger partial charge in [-0.2, -0.15) is 0 Å². The van der Waals surface area contributed by atoms with Crippen molar-refractivity contribution in [2.24, 2.45) is 0 Å². The fourth-order valence-corrected chi connectivity index (χ4v) is 3.99. The number of fused-ring (bicyclic) bond motifs is 3. The van der Waals surface area contributed by atoms with Gasteiger partial charge in [0.25, 0.3) is 0 Å². The van der Waals surface area contributed by atoms with Crippen LogP contribution in [0, 0.1) is 0 Å². The Bertz CT molecular complexity index is 949. The van der Waals surface area contributed by atoms with E-state index < -0.39 is 30.6 Å². The Morgan fingerprint density at radius 3 is 2.21 bits per heavy atom. The number of nitrogens with one attached hydrogen (secondary N) is 1. The molecule has 176 valence electrons. The molecule has 2 aromatic carbocycles. The number of carbonyl (C=O) groups excluding carboxylic acids is 2. The lowest BCUT2D eigenvalue weighted by Gasteiger charge is -2.23. The van der Waals surface area contributed by atoms with Gasteiger partial charge in [0.2, 0.25) is 5.91 Å². The van der Waals surface area contributed by atoms with Crippen LogP contribution in [0.25, 0.3) is 11.1 Å². The highest BCUT2D eigenvalue weighted by atomic mass is 16.5. The summed E-state index contributed by atoms with van der Waals surface area (Å²) in [5.74, 6) is -1.74. The first-order valence-corrected chi connectivity index (χ1v) is 10.7. The minimum absolute atomic E-state index is 0.0128. The number of ether oxygens (including phenoxy) is 2. The molecule has 1 aliphatic rings. The van der Waals surface area contributed by atoms with Crippen molar-refractivity contribution >= 4 is 18.0 Å². The van der Waals surface area contributed by atoms with Crippen molar-refractivity contribution in [1.82, 2.24) is 10.2 Å². The number of hydrogen-bond acceptors (Lipinski definition) is 6. The third-order valence-corrected chi connectivity index (χ3v) is 5.60. The standard InChI is InChI=1S/C24H28N2O7/c1-32-16(12-22(28)26(10-11-27)14-23(29)30)13-25-24(31)33-15-21-19-8-4-2-6-17(19)18-7-3-5-9-20(18)21/h2-9,16,21,27H,10-15H2,1H3,(H,25,31)(H,29,30). The summed E-state index contributed by atoms with van der Waals surface area (Å²) in [6.07, 6.45) is -1.45. The molecule has 1 unspecified atom stereocenters. The van der Waals surface area contributed by atoms with Gasteiger partial charge in [0.15, 0.2) is 0 Å². The van der Waals surface area contributed by atoms with Crippen LogP contribution >= 0.6 is 0 Å². The molecule has 2 aromatic rings.